The van der Waals surface area contributed by atoms with Crippen molar-refractivity contribution in [2.75, 3.05) is 24.6 Å². The maximum Gasteiger partial charge on any atom is 0.0782 e. The minimum absolute atomic E-state index is 0.264. The van der Waals surface area contributed by atoms with Gasteiger partial charge < -0.3 is 15.1 Å². The molecule has 0 amide bonds. The molecule has 3 nitrogen and oxygen atoms in total. The topological polar surface area (TPSA) is 43.7 Å². The molecule has 1 heterocycles. The summed E-state index contributed by atoms with van der Waals surface area (Å²) in [5, 5.41) is 18.8. The normalized spacial score (nSPS) is 21.3. The van der Waals surface area contributed by atoms with Crippen LogP contribution in [0, 0.1) is 5.92 Å². The lowest BCUT2D eigenvalue weighted by molar-refractivity contribution is 0.199. The molecule has 0 bridgehead atoms. The summed E-state index contributed by atoms with van der Waals surface area (Å²) in [6.07, 6.45) is 1.53. The Hall–Kier alpha value is -0.580. The monoisotopic (exact) mass is 313 g/mol. The quantitative estimate of drug-likeness (QED) is 0.898. The molecule has 0 aromatic heterocycles. The number of nitrogens with zero attached hydrogens (tertiary/aromatic N) is 1. The van der Waals surface area contributed by atoms with Gasteiger partial charge in [-0.1, -0.05) is 22.0 Å². The van der Waals surface area contributed by atoms with Crippen molar-refractivity contribution in [1.82, 2.24) is 0 Å². The summed E-state index contributed by atoms with van der Waals surface area (Å²) in [6.45, 7) is 4.03. The lowest BCUT2D eigenvalue weighted by atomic mass is 10.1. The molecule has 0 spiro atoms. The van der Waals surface area contributed by atoms with E-state index in [0.29, 0.717) is 5.92 Å². The number of anilines is 1. The maximum atomic E-state index is 9.84. The first-order valence-electron chi connectivity index (χ1n) is 6.45. The van der Waals surface area contributed by atoms with Gasteiger partial charge in [0.15, 0.2) is 0 Å². The van der Waals surface area contributed by atoms with Gasteiger partial charge in [-0.05, 0) is 37.8 Å². The molecule has 0 aliphatic carbocycles. The molecule has 2 unspecified atom stereocenters. The highest BCUT2D eigenvalue weighted by molar-refractivity contribution is 9.10. The number of rotatable bonds is 4. The molecular formula is C14H20BrNO2. The molecule has 100 valence electrons. The number of halogens is 1. The number of aliphatic hydroxyl groups excluding tert-OH is 2. The molecule has 1 aliphatic rings. The van der Waals surface area contributed by atoms with Gasteiger partial charge in [-0.2, -0.15) is 0 Å². The summed E-state index contributed by atoms with van der Waals surface area (Å²) in [6, 6.07) is 6.01. The highest BCUT2D eigenvalue weighted by Gasteiger charge is 2.24. The maximum absolute atomic E-state index is 9.84. The molecule has 1 fully saturated rings. The summed E-state index contributed by atoms with van der Waals surface area (Å²) < 4.78 is 1.03. The van der Waals surface area contributed by atoms with Gasteiger partial charge in [0.05, 0.1) is 6.10 Å². The molecule has 1 aromatic rings. The zero-order chi connectivity index (χ0) is 13.1. The van der Waals surface area contributed by atoms with Gasteiger partial charge >= 0.3 is 0 Å². The molecule has 1 aliphatic heterocycles. The standard InChI is InChI=1S/C14H20BrNO2/c1-10(18)13-3-2-12(15)8-14(13)16-6-4-11(9-16)5-7-17/h2-3,8,10-11,17-18H,4-7,9H2,1H3. The van der Waals surface area contributed by atoms with E-state index in [0.717, 1.165) is 41.7 Å². The lowest BCUT2D eigenvalue weighted by Crippen LogP contribution is -2.21. The Morgan fingerprint density at radius 3 is 2.94 bits per heavy atom. The van der Waals surface area contributed by atoms with E-state index in [1.54, 1.807) is 6.92 Å². The average molecular weight is 314 g/mol. The second kappa shape index (κ2) is 6.04. The molecule has 0 saturated carbocycles. The molecule has 1 saturated heterocycles. The Morgan fingerprint density at radius 2 is 2.28 bits per heavy atom. The fourth-order valence-electron chi connectivity index (χ4n) is 2.61. The minimum Gasteiger partial charge on any atom is -0.396 e. The third-order valence-corrected chi connectivity index (χ3v) is 4.10. The lowest BCUT2D eigenvalue weighted by Gasteiger charge is -2.23. The van der Waals surface area contributed by atoms with Crippen molar-refractivity contribution in [2.24, 2.45) is 5.92 Å². The molecule has 2 atom stereocenters. The van der Waals surface area contributed by atoms with Crippen LogP contribution in [-0.2, 0) is 0 Å². The highest BCUT2D eigenvalue weighted by Crippen LogP contribution is 2.33. The number of hydrogen-bond acceptors (Lipinski definition) is 3. The Morgan fingerprint density at radius 1 is 1.50 bits per heavy atom. The third-order valence-electron chi connectivity index (χ3n) is 3.61. The first kappa shape index (κ1) is 13.8. The Labute approximate surface area is 117 Å². The van der Waals surface area contributed by atoms with Crippen LogP contribution < -0.4 is 4.90 Å². The molecular weight excluding hydrogens is 294 g/mol. The van der Waals surface area contributed by atoms with E-state index in [4.69, 9.17) is 5.11 Å². The van der Waals surface area contributed by atoms with Crippen LogP contribution in [0.4, 0.5) is 5.69 Å². The van der Waals surface area contributed by atoms with Gasteiger partial charge in [-0.15, -0.1) is 0 Å². The summed E-state index contributed by atoms with van der Waals surface area (Å²) in [5.41, 5.74) is 2.09. The van der Waals surface area contributed by atoms with E-state index >= 15 is 0 Å². The van der Waals surface area contributed by atoms with Crippen LogP contribution in [0.1, 0.15) is 31.4 Å². The molecule has 18 heavy (non-hydrogen) atoms. The summed E-state index contributed by atoms with van der Waals surface area (Å²) in [5.74, 6) is 0.566. The van der Waals surface area contributed by atoms with Crippen molar-refractivity contribution in [1.29, 1.82) is 0 Å². The van der Waals surface area contributed by atoms with Crippen LogP contribution >= 0.6 is 15.9 Å². The summed E-state index contributed by atoms with van der Waals surface area (Å²) >= 11 is 3.49. The van der Waals surface area contributed by atoms with Crippen molar-refractivity contribution in [3.05, 3.63) is 28.2 Å². The molecule has 4 heteroatoms. The second-order valence-corrected chi connectivity index (χ2v) is 5.91. The van der Waals surface area contributed by atoms with Crippen LogP contribution in [-0.4, -0.2) is 29.9 Å². The Balaban J connectivity index is 2.20. The van der Waals surface area contributed by atoms with Gasteiger partial charge in [-0.25, -0.2) is 0 Å². The Bertz CT molecular complexity index is 409. The van der Waals surface area contributed by atoms with Crippen molar-refractivity contribution in [3.63, 3.8) is 0 Å². The smallest absolute Gasteiger partial charge is 0.0782 e. The van der Waals surface area contributed by atoms with Crippen molar-refractivity contribution in [3.8, 4) is 0 Å². The van der Waals surface area contributed by atoms with E-state index in [9.17, 15) is 5.11 Å². The molecule has 0 radical (unpaired) electrons. The summed E-state index contributed by atoms with van der Waals surface area (Å²) in [7, 11) is 0. The number of hydrogen-bond donors (Lipinski definition) is 2. The van der Waals surface area contributed by atoms with E-state index < -0.39 is 6.10 Å². The SMILES string of the molecule is CC(O)c1ccc(Br)cc1N1CCC(CCO)C1. The highest BCUT2D eigenvalue weighted by atomic mass is 79.9. The first-order valence-corrected chi connectivity index (χ1v) is 7.24. The Kier molecular flexibility index (Phi) is 4.65. The van der Waals surface area contributed by atoms with Crippen LogP contribution in [0.2, 0.25) is 0 Å². The van der Waals surface area contributed by atoms with Gasteiger partial charge in [-0.3, -0.25) is 0 Å². The first-order chi connectivity index (χ1) is 8.61. The van der Waals surface area contributed by atoms with Crippen LogP contribution in [0.15, 0.2) is 22.7 Å². The van der Waals surface area contributed by atoms with Crippen LogP contribution in [0.25, 0.3) is 0 Å². The van der Waals surface area contributed by atoms with Crippen LogP contribution in [0.5, 0.6) is 0 Å². The van der Waals surface area contributed by atoms with E-state index in [1.165, 1.54) is 0 Å². The average Bonchev–Trinajstić information content (AvgIpc) is 2.77. The number of aliphatic hydroxyl groups is 2. The van der Waals surface area contributed by atoms with Gasteiger partial charge in [0.25, 0.3) is 0 Å². The molecule has 1 aromatic carbocycles. The van der Waals surface area contributed by atoms with E-state index in [-0.39, 0.29) is 6.61 Å². The molecule has 2 rings (SSSR count). The van der Waals surface area contributed by atoms with Gasteiger partial charge in [0.2, 0.25) is 0 Å². The fourth-order valence-corrected chi connectivity index (χ4v) is 2.96. The van der Waals surface area contributed by atoms with Gasteiger partial charge in [0, 0.05) is 35.4 Å². The van der Waals surface area contributed by atoms with Crippen molar-refractivity contribution < 1.29 is 10.2 Å². The second-order valence-electron chi connectivity index (χ2n) is 4.99. The van der Waals surface area contributed by atoms with Gasteiger partial charge in [0.1, 0.15) is 0 Å². The predicted octanol–water partition coefficient (Wildman–Crippen LogP) is 2.71. The van der Waals surface area contributed by atoms with Crippen molar-refractivity contribution >= 4 is 21.6 Å². The van der Waals surface area contributed by atoms with E-state index in [1.807, 2.05) is 12.1 Å². The fraction of sp³-hybridized carbons (Fsp3) is 0.571. The van der Waals surface area contributed by atoms with E-state index in [2.05, 4.69) is 26.9 Å². The molecule has 2 N–H and O–H groups in total. The third kappa shape index (κ3) is 3.05. The van der Waals surface area contributed by atoms with Crippen molar-refractivity contribution in [2.45, 2.75) is 25.9 Å². The number of benzene rings is 1. The van der Waals surface area contributed by atoms with Crippen LogP contribution in [0.3, 0.4) is 0 Å². The zero-order valence-electron chi connectivity index (χ0n) is 10.6. The predicted molar refractivity (Wildman–Crippen MR) is 76.8 cm³/mol. The summed E-state index contributed by atoms with van der Waals surface area (Å²) in [4.78, 5) is 2.31. The zero-order valence-corrected chi connectivity index (χ0v) is 12.2. The minimum atomic E-state index is -0.454. The largest absolute Gasteiger partial charge is 0.396 e.